The Balaban J connectivity index is 2.44. The van der Waals surface area contributed by atoms with Crippen molar-refractivity contribution in [3.05, 3.63) is 41.1 Å². The molecule has 2 N–H and O–H groups in total. The molecule has 0 fully saturated rings. The van der Waals surface area contributed by atoms with E-state index in [1.165, 1.54) is 7.11 Å². The van der Waals surface area contributed by atoms with Crippen LogP contribution in [0.1, 0.15) is 36.3 Å². The van der Waals surface area contributed by atoms with E-state index < -0.39 is 13.3 Å². The summed E-state index contributed by atoms with van der Waals surface area (Å²) >= 11 is 0. The van der Waals surface area contributed by atoms with Gasteiger partial charge in [0.15, 0.2) is 11.5 Å². The number of phenolic OH excluding ortho intramolecular Hbond substituents is 1. The predicted molar refractivity (Wildman–Crippen MR) is 108 cm³/mol. The van der Waals surface area contributed by atoms with Crippen LogP contribution in [0, 0.1) is 13.8 Å². The van der Waals surface area contributed by atoms with Gasteiger partial charge in [-0.25, -0.2) is 0 Å². The normalized spacial score (nSPS) is 12.6. The highest BCUT2D eigenvalue weighted by atomic mass is 31.2. The number of nitrogens with one attached hydrogen (secondary N) is 1. The molecule has 9 heteroatoms. The fraction of sp³-hybridized carbons (Fsp3) is 0.474. The second kappa shape index (κ2) is 9.87. The van der Waals surface area contributed by atoms with Crippen molar-refractivity contribution < 1.29 is 23.5 Å². The minimum absolute atomic E-state index is 0.0463. The number of aryl methyl sites for hydroxylation is 2. The molecule has 0 aliphatic rings. The van der Waals surface area contributed by atoms with E-state index in [-0.39, 0.29) is 25.5 Å². The van der Waals surface area contributed by atoms with Gasteiger partial charge in [-0.3, -0.25) is 4.57 Å². The van der Waals surface area contributed by atoms with Gasteiger partial charge >= 0.3 is 7.60 Å². The molecule has 0 radical (unpaired) electrons. The van der Waals surface area contributed by atoms with E-state index in [9.17, 15) is 9.67 Å². The minimum Gasteiger partial charge on any atom is -0.504 e. The fourth-order valence-corrected chi connectivity index (χ4v) is 4.79. The van der Waals surface area contributed by atoms with Crippen molar-refractivity contribution in [1.29, 1.82) is 0 Å². The smallest absolute Gasteiger partial charge is 0.339 e. The van der Waals surface area contributed by atoms with E-state index in [2.05, 4.69) is 15.5 Å². The van der Waals surface area contributed by atoms with E-state index in [4.69, 9.17) is 13.8 Å². The number of ether oxygens (including phenoxy) is 1. The maximum atomic E-state index is 13.6. The second-order valence-electron chi connectivity index (χ2n) is 6.22. The predicted octanol–water partition coefficient (Wildman–Crippen LogP) is 4.23. The number of benzene rings is 1. The zero-order valence-electron chi connectivity index (χ0n) is 16.9. The van der Waals surface area contributed by atoms with Crippen LogP contribution in [0.5, 0.6) is 11.5 Å². The van der Waals surface area contributed by atoms with E-state index in [0.29, 0.717) is 22.7 Å². The van der Waals surface area contributed by atoms with Gasteiger partial charge in [0.1, 0.15) is 11.5 Å². The summed E-state index contributed by atoms with van der Waals surface area (Å²) in [7, 11) is -2.04. The lowest BCUT2D eigenvalue weighted by Gasteiger charge is -2.27. The lowest BCUT2D eigenvalue weighted by molar-refractivity contribution is 0.213. The largest absolute Gasteiger partial charge is 0.504 e. The Morgan fingerprint density at radius 3 is 2.36 bits per heavy atom. The first kappa shape index (κ1) is 22.1. The summed E-state index contributed by atoms with van der Waals surface area (Å²) in [6.07, 6.45) is 0. The van der Waals surface area contributed by atoms with Crippen molar-refractivity contribution in [2.75, 3.05) is 32.2 Å². The zero-order valence-corrected chi connectivity index (χ0v) is 17.8. The maximum absolute atomic E-state index is 13.6. The van der Waals surface area contributed by atoms with Crippen LogP contribution in [0.4, 0.5) is 5.82 Å². The fourth-order valence-electron chi connectivity index (χ4n) is 2.81. The van der Waals surface area contributed by atoms with Gasteiger partial charge in [-0.15, -0.1) is 5.10 Å². The third kappa shape index (κ3) is 5.22. The molecule has 1 aromatic carbocycles. The van der Waals surface area contributed by atoms with Crippen molar-refractivity contribution >= 4 is 13.4 Å². The molecule has 0 saturated carbocycles. The summed E-state index contributed by atoms with van der Waals surface area (Å²) in [5.41, 5.74) is 1.44. The summed E-state index contributed by atoms with van der Waals surface area (Å²) in [6, 6.07) is 7.05. The number of hydrogen-bond donors (Lipinski definition) is 2. The molecule has 1 atom stereocenters. The molecule has 0 spiro atoms. The van der Waals surface area contributed by atoms with Crippen molar-refractivity contribution in [2.45, 2.75) is 33.4 Å². The van der Waals surface area contributed by atoms with E-state index in [0.717, 1.165) is 5.69 Å². The Morgan fingerprint density at radius 1 is 1.14 bits per heavy atom. The molecule has 2 aromatic rings. The molecule has 0 aliphatic heterocycles. The number of aromatic hydroxyl groups is 1. The number of hydrogen-bond acceptors (Lipinski definition) is 8. The minimum atomic E-state index is -3.51. The van der Waals surface area contributed by atoms with Crippen LogP contribution in [0.3, 0.4) is 0 Å². The molecule has 0 aliphatic carbocycles. The Kier molecular flexibility index (Phi) is 7.80. The van der Waals surface area contributed by atoms with Crippen LogP contribution < -0.4 is 10.1 Å². The quantitative estimate of drug-likeness (QED) is 0.562. The Labute approximate surface area is 165 Å². The molecule has 1 unspecified atom stereocenters. The van der Waals surface area contributed by atoms with Crippen LogP contribution in [-0.4, -0.2) is 42.2 Å². The molecular weight excluding hydrogens is 381 g/mol. The van der Waals surface area contributed by atoms with Crippen molar-refractivity contribution in [3.8, 4) is 11.5 Å². The summed E-state index contributed by atoms with van der Waals surface area (Å²) in [6.45, 7) is 7.86. The topological polar surface area (TPSA) is 103 Å². The van der Waals surface area contributed by atoms with Gasteiger partial charge in [0.2, 0.25) is 0 Å². The Morgan fingerprint density at radius 2 is 1.82 bits per heavy atom. The SMILES string of the molecule is CCOP(=O)(OCC)C(CNc1ccc(C)nn1)c1cc(C)c(O)c(OC)c1. The van der Waals surface area contributed by atoms with Crippen LogP contribution >= 0.6 is 7.60 Å². The lowest BCUT2D eigenvalue weighted by atomic mass is 10.1. The van der Waals surface area contributed by atoms with Gasteiger partial charge in [-0.05, 0) is 57.0 Å². The summed E-state index contributed by atoms with van der Waals surface area (Å²) in [5.74, 6) is 0.900. The number of phenols is 1. The average molecular weight is 409 g/mol. The molecule has 8 nitrogen and oxygen atoms in total. The molecule has 2 rings (SSSR count). The van der Waals surface area contributed by atoms with Crippen molar-refractivity contribution in [1.82, 2.24) is 10.2 Å². The summed E-state index contributed by atoms with van der Waals surface area (Å²) < 4.78 is 30.0. The summed E-state index contributed by atoms with van der Waals surface area (Å²) in [5, 5.41) is 21.4. The van der Waals surface area contributed by atoms with Gasteiger partial charge in [-0.2, -0.15) is 5.10 Å². The van der Waals surface area contributed by atoms with Crippen molar-refractivity contribution in [3.63, 3.8) is 0 Å². The number of methoxy groups -OCH3 is 1. The number of aromatic nitrogens is 2. The second-order valence-corrected chi connectivity index (χ2v) is 8.44. The van der Waals surface area contributed by atoms with Gasteiger partial charge < -0.3 is 24.2 Å². The van der Waals surface area contributed by atoms with Crippen LogP contribution in [0.25, 0.3) is 0 Å². The molecular formula is C19H28N3O5P. The van der Waals surface area contributed by atoms with E-state index >= 15 is 0 Å². The molecule has 1 heterocycles. The van der Waals surface area contributed by atoms with Gasteiger partial charge in [0, 0.05) is 6.54 Å². The Bertz CT molecular complexity index is 819. The molecule has 0 saturated heterocycles. The third-order valence-electron chi connectivity index (χ3n) is 4.17. The van der Waals surface area contributed by atoms with Crippen LogP contribution in [0.15, 0.2) is 24.3 Å². The molecule has 28 heavy (non-hydrogen) atoms. The number of rotatable bonds is 10. The highest BCUT2D eigenvalue weighted by Crippen LogP contribution is 2.61. The van der Waals surface area contributed by atoms with Crippen molar-refractivity contribution in [2.24, 2.45) is 0 Å². The first-order valence-electron chi connectivity index (χ1n) is 9.15. The highest BCUT2D eigenvalue weighted by Gasteiger charge is 2.37. The third-order valence-corrected chi connectivity index (χ3v) is 6.65. The van der Waals surface area contributed by atoms with Gasteiger partial charge in [0.25, 0.3) is 0 Å². The monoisotopic (exact) mass is 409 g/mol. The summed E-state index contributed by atoms with van der Waals surface area (Å²) in [4.78, 5) is 0. The Hall–Kier alpha value is -2.15. The van der Waals surface area contributed by atoms with Crippen LogP contribution in [-0.2, 0) is 13.6 Å². The highest BCUT2D eigenvalue weighted by molar-refractivity contribution is 7.54. The lowest BCUT2D eigenvalue weighted by Crippen LogP contribution is -2.17. The maximum Gasteiger partial charge on any atom is 0.339 e. The first-order valence-corrected chi connectivity index (χ1v) is 10.8. The number of nitrogens with zero attached hydrogens (tertiary/aromatic N) is 2. The van der Waals surface area contributed by atoms with E-state index in [1.807, 2.05) is 13.0 Å². The average Bonchev–Trinajstić information content (AvgIpc) is 2.66. The first-order chi connectivity index (χ1) is 13.3. The van der Waals surface area contributed by atoms with E-state index in [1.54, 1.807) is 39.0 Å². The molecule has 1 aromatic heterocycles. The standard InChI is InChI=1S/C19H28N3O5P/c1-6-26-28(24,27-7-2)17(12-20-18-9-8-14(4)21-22-18)15-10-13(3)19(23)16(11-15)25-5/h8-11,17,23H,6-7,12H2,1-5H3,(H,20,22). The molecule has 0 amide bonds. The zero-order chi connectivity index (χ0) is 20.7. The molecule has 154 valence electrons. The van der Waals surface area contributed by atoms with Crippen LogP contribution in [0.2, 0.25) is 0 Å². The molecule has 0 bridgehead atoms. The van der Waals surface area contributed by atoms with Gasteiger partial charge in [0.05, 0.1) is 26.0 Å². The number of anilines is 1. The van der Waals surface area contributed by atoms with Gasteiger partial charge in [-0.1, -0.05) is 6.07 Å².